The van der Waals surface area contributed by atoms with Gasteiger partial charge in [0.15, 0.2) is 0 Å². The van der Waals surface area contributed by atoms with Crippen molar-refractivity contribution in [2.75, 3.05) is 18.1 Å². The molecule has 0 spiro atoms. The molecular weight excluding hydrogens is 468 g/mol. The molecule has 0 bridgehead atoms. The topological polar surface area (TPSA) is 102 Å². The molecule has 2 aliphatic rings. The molecule has 1 aromatic heterocycles. The standard InChI is InChI=1S/C25H24N6O3.ClH/c1-17-13-20(5-6-21(17)25(33)28-34-12-11-32)30-10-8-23-24(16-30)31(29-27-23)15-18-4-7-22-19(14-18)3-2-9-26-22;/h2-10,13-14,16,29,32H,11-12,15H2,1H3,(H,28,33);1H. The van der Waals surface area contributed by atoms with Crippen molar-refractivity contribution in [3.63, 3.8) is 0 Å². The van der Waals surface area contributed by atoms with Gasteiger partial charge in [0.1, 0.15) is 11.4 Å². The zero-order chi connectivity index (χ0) is 23.5. The van der Waals surface area contributed by atoms with Crippen LogP contribution in [0.4, 0.5) is 5.69 Å². The van der Waals surface area contributed by atoms with Crippen LogP contribution in [0.25, 0.3) is 10.9 Å². The molecule has 0 saturated heterocycles. The fourth-order valence-corrected chi connectivity index (χ4v) is 3.92. The number of amides is 1. The molecule has 35 heavy (non-hydrogen) atoms. The number of pyridine rings is 1. The second kappa shape index (κ2) is 10.6. The summed E-state index contributed by atoms with van der Waals surface area (Å²) in [6.07, 6.45) is 7.70. The molecule has 5 rings (SSSR count). The highest BCUT2D eigenvalue weighted by molar-refractivity contribution is 6.10. The molecule has 0 unspecified atom stereocenters. The molecule has 180 valence electrons. The van der Waals surface area contributed by atoms with Gasteiger partial charge in [0, 0.05) is 35.2 Å². The highest BCUT2D eigenvalue weighted by Gasteiger charge is 2.24. The summed E-state index contributed by atoms with van der Waals surface area (Å²) in [7, 11) is 0. The molecule has 3 heterocycles. The van der Waals surface area contributed by atoms with E-state index >= 15 is 0 Å². The van der Waals surface area contributed by atoms with E-state index in [0.717, 1.165) is 39.1 Å². The van der Waals surface area contributed by atoms with Crippen LogP contribution < -0.4 is 15.9 Å². The van der Waals surface area contributed by atoms with Crippen molar-refractivity contribution in [3.8, 4) is 0 Å². The maximum Gasteiger partial charge on any atom is 0.275 e. The first-order valence-corrected chi connectivity index (χ1v) is 10.9. The third-order valence-corrected chi connectivity index (χ3v) is 5.62. The zero-order valence-electron chi connectivity index (χ0n) is 19.0. The quantitative estimate of drug-likeness (QED) is 0.344. The Morgan fingerprint density at radius 1 is 1.20 bits per heavy atom. The lowest BCUT2D eigenvalue weighted by Crippen LogP contribution is -2.31. The maximum atomic E-state index is 12.3. The number of rotatable bonds is 7. The molecule has 0 aliphatic carbocycles. The van der Waals surface area contributed by atoms with Crippen molar-refractivity contribution in [1.29, 1.82) is 0 Å². The van der Waals surface area contributed by atoms with E-state index in [1.807, 2.05) is 59.6 Å². The Labute approximate surface area is 208 Å². The number of benzene rings is 2. The van der Waals surface area contributed by atoms with Gasteiger partial charge in [-0.2, -0.15) is 5.10 Å². The second-order valence-corrected chi connectivity index (χ2v) is 7.95. The number of carbonyl (C=O) groups excluding carboxylic acids is 1. The van der Waals surface area contributed by atoms with E-state index in [1.54, 1.807) is 12.3 Å². The fraction of sp³-hybridized carbons (Fsp3) is 0.160. The van der Waals surface area contributed by atoms with Crippen molar-refractivity contribution >= 4 is 40.6 Å². The van der Waals surface area contributed by atoms with Crippen LogP contribution in [0.15, 0.2) is 84.0 Å². The Balaban J connectivity index is 0.00000289. The molecule has 9 nitrogen and oxygen atoms in total. The summed E-state index contributed by atoms with van der Waals surface area (Å²) in [4.78, 5) is 23.6. The molecule has 0 saturated carbocycles. The van der Waals surface area contributed by atoms with Crippen molar-refractivity contribution in [2.45, 2.75) is 13.5 Å². The van der Waals surface area contributed by atoms with Gasteiger partial charge in [0.2, 0.25) is 0 Å². The number of anilines is 1. The van der Waals surface area contributed by atoms with Crippen LogP contribution in [-0.4, -0.2) is 39.9 Å². The van der Waals surface area contributed by atoms with Crippen molar-refractivity contribution in [3.05, 3.63) is 95.6 Å². The fourth-order valence-electron chi connectivity index (χ4n) is 3.92. The van der Waals surface area contributed by atoms with Crippen LogP contribution in [0, 0.1) is 6.92 Å². The van der Waals surface area contributed by atoms with Crippen LogP contribution in [-0.2, 0) is 11.4 Å². The van der Waals surface area contributed by atoms with E-state index < -0.39 is 0 Å². The predicted octanol–water partition coefficient (Wildman–Crippen LogP) is 3.17. The van der Waals surface area contributed by atoms with E-state index in [0.29, 0.717) is 12.1 Å². The summed E-state index contributed by atoms with van der Waals surface area (Å²) in [5.41, 5.74) is 11.6. The van der Waals surface area contributed by atoms with Crippen LogP contribution in [0.5, 0.6) is 0 Å². The summed E-state index contributed by atoms with van der Waals surface area (Å²) in [5.74, 6) is -0.351. The highest BCUT2D eigenvalue weighted by Crippen LogP contribution is 2.27. The number of carbonyl (C=O) groups is 1. The minimum atomic E-state index is -0.351. The summed E-state index contributed by atoms with van der Waals surface area (Å²) < 4.78 is 0. The lowest BCUT2D eigenvalue weighted by atomic mass is 10.1. The number of aromatic nitrogens is 1. The third-order valence-electron chi connectivity index (χ3n) is 5.62. The third kappa shape index (κ3) is 5.12. The average molecular weight is 493 g/mol. The van der Waals surface area contributed by atoms with Crippen LogP contribution in [0.2, 0.25) is 0 Å². The Kier molecular flexibility index (Phi) is 7.31. The molecule has 0 fully saturated rings. The van der Waals surface area contributed by atoms with Crippen molar-refractivity contribution in [1.82, 2.24) is 21.0 Å². The Bertz CT molecular complexity index is 1340. The molecular formula is C25H25ClN6O3. The molecule has 0 radical (unpaired) electrons. The SMILES string of the molecule is Cc1cc(N2C=CC3=NNN(Cc4ccc5ncccc5c4)C3=C2)ccc1C(=O)NOCCO.Cl. The number of halogens is 1. The van der Waals surface area contributed by atoms with E-state index in [-0.39, 0.29) is 31.5 Å². The second-order valence-electron chi connectivity index (χ2n) is 7.95. The molecule has 2 aromatic carbocycles. The number of allylic oxidation sites excluding steroid dienone is 1. The largest absolute Gasteiger partial charge is 0.394 e. The van der Waals surface area contributed by atoms with Gasteiger partial charge in [0.25, 0.3) is 5.91 Å². The molecule has 2 aliphatic heterocycles. The lowest BCUT2D eigenvalue weighted by molar-refractivity contribution is 0.0168. The van der Waals surface area contributed by atoms with E-state index in [9.17, 15) is 4.79 Å². The van der Waals surface area contributed by atoms with E-state index in [2.05, 4.69) is 39.3 Å². The highest BCUT2D eigenvalue weighted by atomic mass is 35.5. The van der Waals surface area contributed by atoms with Crippen LogP contribution >= 0.6 is 12.4 Å². The molecule has 1 amide bonds. The number of hydrazone groups is 1. The predicted molar refractivity (Wildman–Crippen MR) is 136 cm³/mol. The van der Waals surface area contributed by atoms with Gasteiger partial charge < -0.3 is 10.0 Å². The van der Waals surface area contributed by atoms with Crippen LogP contribution in [0.1, 0.15) is 21.5 Å². The number of aliphatic hydroxyl groups is 1. The summed E-state index contributed by atoms with van der Waals surface area (Å²) >= 11 is 0. The van der Waals surface area contributed by atoms with Gasteiger partial charge in [-0.15, -0.1) is 12.4 Å². The van der Waals surface area contributed by atoms with Gasteiger partial charge in [-0.3, -0.25) is 19.6 Å². The first kappa shape index (κ1) is 24.2. The summed E-state index contributed by atoms with van der Waals surface area (Å²) in [6.45, 7) is 2.39. The number of hydrazine groups is 1. The molecule has 3 N–H and O–H groups in total. The average Bonchev–Trinajstić information content (AvgIpc) is 3.26. The van der Waals surface area contributed by atoms with E-state index in [1.165, 1.54) is 0 Å². The number of hydrogen-bond donors (Lipinski definition) is 3. The van der Waals surface area contributed by atoms with E-state index in [4.69, 9.17) is 9.94 Å². The monoisotopic (exact) mass is 492 g/mol. The molecule has 0 atom stereocenters. The van der Waals surface area contributed by atoms with Gasteiger partial charge in [-0.05, 0) is 60.5 Å². The Morgan fingerprint density at radius 3 is 2.91 bits per heavy atom. The van der Waals surface area contributed by atoms with Gasteiger partial charge in [-0.25, -0.2) is 11.0 Å². The maximum absolute atomic E-state index is 12.3. The number of aryl methyl sites for hydroxylation is 1. The first-order chi connectivity index (χ1) is 16.6. The van der Waals surface area contributed by atoms with Gasteiger partial charge in [-0.1, -0.05) is 12.1 Å². The van der Waals surface area contributed by atoms with Crippen molar-refractivity contribution < 1.29 is 14.7 Å². The number of aliphatic hydroxyl groups excluding tert-OH is 1. The van der Waals surface area contributed by atoms with Crippen molar-refractivity contribution in [2.24, 2.45) is 5.10 Å². The Morgan fingerprint density at radius 2 is 2.09 bits per heavy atom. The number of fused-ring (bicyclic) bond motifs is 2. The minimum absolute atomic E-state index is 0. The van der Waals surface area contributed by atoms with Gasteiger partial charge in [0.05, 0.1) is 25.3 Å². The zero-order valence-corrected chi connectivity index (χ0v) is 19.8. The summed E-state index contributed by atoms with van der Waals surface area (Å²) in [5, 5.41) is 16.3. The number of hydroxylamine groups is 1. The number of nitrogens with zero attached hydrogens (tertiary/aromatic N) is 4. The number of hydrogen-bond acceptors (Lipinski definition) is 8. The smallest absolute Gasteiger partial charge is 0.275 e. The molecule has 3 aromatic rings. The minimum Gasteiger partial charge on any atom is -0.394 e. The lowest BCUT2D eigenvalue weighted by Gasteiger charge is -2.25. The Hall–Kier alpha value is -3.92. The van der Waals surface area contributed by atoms with Gasteiger partial charge >= 0.3 is 0 Å². The summed E-state index contributed by atoms with van der Waals surface area (Å²) in [6, 6.07) is 15.8. The first-order valence-electron chi connectivity index (χ1n) is 10.9. The number of nitrogens with one attached hydrogen (secondary N) is 2. The molecule has 10 heteroatoms. The normalized spacial score (nSPS) is 14.1. The van der Waals surface area contributed by atoms with Crippen LogP contribution in [0.3, 0.4) is 0 Å².